The number of fused-ring (bicyclic) bond motifs is 1. The Balaban J connectivity index is 1.65. The molecule has 4 rings (SSSR count). The largest absolute Gasteiger partial charge is 0.474 e. The van der Waals surface area contributed by atoms with Crippen LogP contribution in [0.2, 0.25) is 5.02 Å². The van der Waals surface area contributed by atoms with Crippen LogP contribution in [0.25, 0.3) is 0 Å². The molecule has 160 valence electrons. The summed E-state index contributed by atoms with van der Waals surface area (Å²) in [5.41, 5.74) is 1.23. The normalized spacial score (nSPS) is 16.6. The zero-order valence-electron chi connectivity index (χ0n) is 17.4. The van der Waals surface area contributed by atoms with Crippen LogP contribution in [0.4, 0.5) is 8.78 Å². The average molecular weight is 436 g/mol. The molecule has 1 atom stereocenters. The van der Waals surface area contributed by atoms with Gasteiger partial charge in [0.1, 0.15) is 5.82 Å². The number of nitrogens with zero attached hydrogens (tertiary/aromatic N) is 5. The lowest BCUT2D eigenvalue weighted by Gasteiger charge is -2.28. The molecule has 9 heteroatoms. The number of rotatable bonds is 5. The molecule has 6 nitrogen and oxygen atoms in total. The van der Waals surface area contributed by atoms with Crippen LogP contribution in [0.5, 0.6) is 5.75 Å². The molecule has 2 heterocycles. The fourth-order valence-electron chi connectivity index (χ4n) is 4.16. The monoisotopic (exact) mass is 435 g/mol. The van der Waals surface area contributed by atoms with Crippen LogP contribution in [0, 0.1) is 11.6 Å². The molecular weight excluding hydrogens is 412 g/mol. The number of ether oxygens (including phenoxy) is 1. The highest BCUT2D eigenvalue weighted by Crippen LogP contribution is 2.35. The van der Waals surface area contributed by atoms with Crippen molar-refractivity contribution in [2.75, 3.05) is 0 Å². The molecule has 0 amide bonds. The van der Waals surface area contributed by atoms with Crippen molar-refractivity contribution in [3.05, 3.63) is 58.2 Å². The second-order valence-electron chi connectivity index (χ2n) is 8.13. The Morgan fingerprint density at radius 2 is 1.93 bits per heavy atom. The van der Waals surface area contributed by atoms with Gasteiger partial charge in [0.2, 0.25) is 0 Å². The molecule has 0 aliphatic heterocycles. The third-order valence-corrected chi connectivity index (χ3v) is 5.85. The Labute approximate surface area is 178 Å². The van der Waals surface area contributed by atoms with Gasteiger partial charge in [0.05, 0.1) is 12.0 Å². The number of benzene rings is 1. The second kappa shape index (κ2) is 7.65. The van der Waals surface area contributed by atoms with Gasteiger partial charge < -0.3 is 13.9 Å². The molecule has 30 heavy (non-hydrogen) atoms. The van der Waals surface area contributed by atoms with Crippen LogP contribution < -0.4 is 4.74 Å². The Morgan fingerprint density at radius 3 is 2.60 bits per heavy atom. The molecule has 0 saturated heterocycles. The summed E-state index contributed by atoms with van der Waals surface area (Å²) in [7, 11) is 2.01. The highest BCUT2D eigenvalue weighted by molar-refractivity contribution is 6.30. The van der Waals surface area contributed by atoms with Crippen LogP contribution in [0.3, 0.4) is 0 Å². The summed E-state index contributed by atoms with van der Waals surface area (Å²) >= 11 is 5.72. The van der Waals surface area contributed by atoms with Gasteiger partial charge in [0, 0.05) is 36.6 Å². The van der Waals surface area contributed by atoms with Gasteiger partial charge in [0.15, 0.2) is 28.8 Å². The van der Waals surface area contributed by atoms with Crippen molar-refractivity contribution in [3.8, 4) is 5.75 Å². The minimum Gasteiger partial charge on any atom is -0.474 e. The molecule has 3 aromatic rings. The van der Waals surface area contributed by atoms with Gasteiger partial charge in [-0.1, -0.05) is 11.6 Å². The lowest BCUT2D eigenvalue weighted by atomic mass is 9.89. The summed E-state index contributed by atoms with van der Waals surface area (Å²) in [5.74, 6) is -0.657. The molecule has 1 aliphatic rings. The molecule has 1 aliphatic carbocycles. The maximum absolute atomic E-state index is 14.3. The first-order valence-corrected chi connectivity index (χ1v) is 10.3. The summed E-state index contributed by atoms with van der Waals surface area (Å²) in [4.78, 5) is 4.51. The van der Waals surface area contributed by atoms with Crippen molar-refractivity contribution in [1.82, 2.24) is 24.3 Å². The number of aromatic nitrogens is 5. The standard InChI is InChI=1S/C21H24ClF2N5O/c1-5-29-19(12-6-7-17-16(8-12)25-11-28(17)4)26-27-20(29)21(2,3)30-18-14(23)9-13(22)10-15(18)24/h9-12H,5-8H2,1-4H3. The topological polar surface area (TPSA) is 57.8 Å². The highest BCUT2D eigenvalue weighted by atomic mass is 35.5. The van der Waals surface area contributed by atoms with Crippen molar-refractivity contribution in [3.63, 3.8) is 0 Å². The van der Waals surface area contributed by atoms with E-state index in [1.165, 1.54) is 5.69 Å². The first-order chi connectivity index (χ1) is 14.2. The summed E-state index contributed by atoms with van der Waals surface area (Å²) in [6.07, 6.45) is 4.49. The molecule has 0 fully saturated rings. The van der Waals surface area contributed by atoms with Crippen LogP contribution >= 0.6 is 11.6 Å². The molecule has 0 saturated carbocycles. The van der Waals surface area contributed by atoms with Gasteiger partial charge in [-0.25, -0.2) is 13.8 Å². The smallest absolute Gasteiger partial charge is 0.192 e. The third-order valence-electron chi connectivity index (χ3n) is 5.63. The van der Waals surface area contributed by atoms with Gasteiger partial charge in [-0.3, -0.25) is 0 Å². The van der Waals surface area contributed by atoms with Gasteiger partial charge in [-0.2, -0.15) is 0 Å². The molecule has 0 spiro atoms. The highest BCUT2D eigenvalue weighted by Gasteiger charge is 2.35. The number of imidazole rings is 1. The van der Waals surface area contributed by atoms with E-state index in [0.717, 1.165) is 42.9 Å². The van der Waals surface area contributed by atoms with Crippen LogP contribution in [0.15, 0.2) is 18.5 Å². The minimum atomic E-state index is -1.11. The fraction of sp³-hybridized carbons (Fsp3) is 0.476. The Morgan fingerprint density at radius 1 is 1.23 bits per heavy atom. The lowest BCUT2D eigenvalue weighted by molar-refractivity contribution is 0.0823. The zero-order chi connectivity index (χ0) is 21.6. The Bertz CT molecular complexity index is 1070. The Hall–Kier alpha value is -2.48. The van der Waals surface area contributed by atoms with E-state index in [2.05, 4.69) is 19.7 Å². The second-order valence-corrected chi connectivity index (χ2v) is 8.56. The van der Waals surface area contributed by atoms with Crippen molar-refractivity contribution in [1.29, 1.82) is 0 Å². The van der Waals surface area contributed by atoms with Crippen molar-refractivity contribution in [2.45, 2.75) is 58.1 Å². The Kier molecular flexibility index (Phi) is 5.30. The molecule has 1 aromatic carbocycles. The van der Waals surface area contributed by atoms with E-state index in [9.17, 15) is 8.78 Å². The van der Waals surface area contributed by atoms with Crippen molar-refractivity contribution >= 4 is 11.6 Å². The van der Waals surface area contributed by atoms with E-state index in [1.54, 1.807) is 13.8 Å². The number of hydrogen-bond donors (Lipinski definition) is 0. The van der Waals surface area contributed by atoms with E-state index in [1.807, 2.05) is 24.9 Å². The maximum atomic E-state index is 14.3. The predicted molar refractivity (Wildman–Crippen MR) is 109 cm³/mol. The van der Waals surface area contributed by atoms with Crippen molar-refractivity contribution < 1.29 is 13.5 Å². The molecule has 0 radical (unpaired) electrons. The molecule has 2 aromatic heterocycles. The molecule has 0 N–H and O–H groups in total. The van der Waals surface area contributed by atoms with E-state index in [-0.39, 0.29) is 10.9 Å². The number of halogens is 3. The van der Waals surface area contributed by atoms with Crippen LogP contribution in [0.1, 0.15) is 56.1 Å². The van der Waals surface area contributed by atoms with E-state index in [4.69, 9.17) is 16.3 Å². The van der Waals surface area contributed by atoms with Crippen molar-refractivity contribution in [2.24, 2.45) is 7.05 Å². The van der Waals surface area contributed by atoms with Crippen LogP contribution in [-0.4, -0.2) is 24.3 Å². The summed E-state index contributed by atoms with van der Waals surface area (Å²) < 4.78 is 38.4. The minimum absolute atomic E-state index is 0.0274. The molecule has 0 bridgehead atoms. The van der Waals surface area contributed by atoms with Gasteiger partial charge in [-0.05, 0) is 45.7 Å². The molecular formula is C21H24ClF2N5O. The zero-order valence-corrected chi connectivity index (χ0v) is 18.2. The summed E-state index contributed by atoms with van der Waals surface area (Å²) in [6.45, 7) is 6.04. The summed E-state index contributed by atoms with van der Waals surface area (Å²) in [5, 5.41) is 8.78. The lowest BCUT2D eigenvalue weighted by Crippen LogP contribution is -2.31. The van der Waals surface area contributed by atoms with Gasteiger partial charge >= 0.3 is 0 Å². The van der Waals surface area contributed by atoms with Gasteiger partial charge in [-0.15, -0.1) is 10.2 Å². The predicted octanol–water partition coefficient (Wildman–Crippen LogP) is 4.55. The summed E-state index contributed by atoms with van der Waals surface area (Å²) in [6, 6.07) is 2.05. The molecule has 1 unspecified atom stereocenters. The fourth-order valence-corrected chi connectivity index (χ4v) is 4.36. The van der Waals surface area contributed by atoms with Crippen LogP contribution in [-0.2, 0) is 32.0 Å². The number of hydrogen-bond acceptors (Lipinski definition) is 4. The quantitative estimate of drug-likeness (QED) is 0.590. The van der Waals surface area contributed by atoms with Gasteiger partial charge in [0.25, 0.3) is 0 Å². The van der Waals surface area contributed by atoms with E-state index >= 15 is 0 Å². The third kappa shape index (κ3) is 3.57. The first kappa shape index (κ1) is 20.8. The maximum Gasteiger partial charge on any atom is 0.192 e. The SMILES string of the molecule is CCn1c(C2CCc3c(ncn3C)C2)nnc1C(C)(C)Oc1c(F)cc(Cl)cc1F. The average Bonchev–Trinajstić information content (AvgIpc) is 3.28. The van der Waals surface area contributed by atoms with E-state index < -0.39 is 23.0 Å². The number of aryl methyl sites for hydroxylation is 1. The first-order valence-electron chi connectivity index (χ1n) is 9.97. The van der Waals surface area contributed by atoms with E-state index in [0.29, 0.717) is 12.4 Å².